The van der Waals surface area contributed by atoms with Crippen LogP contribution in [0.4, 0.5) is 0 Å². The molecule has 1 N–H and O–H groups in total. The number of aliphatic hydroxyl groups excluding tert-OH is 1. The zero-order chi connectivity index (χ0) is 11.9. The summed E-state index contributed by atoms with van der Waals surface area (Å²) >= 11 is 3.25. The van der Waals surface area contributed by atoms with Crippen molar-refractivity contribution in [2.45, 2.75) is 13.0 Å². The van der Waals surface area contributed by atoms with Crippen LogP contribution in [-0.2, 0) is 0 Å². The first-order chi connectivity index (χ1) is 7.56. The van der Waals surface area contributed by atoms with Gasteiger partial charge in [-0.25, -0.2) is 0 Å². The smallest absolute Gasteiger partial charge is 0.261 e. The van der Waals surface area contributed by atoms with Gasteiger partial charge in [0.25, 0.3) is 11.8 Å². The molecule has 0 aromatic heterocycles. The normalized spacial score (nSPS) is 16.6. The number of rotatable bonds is 2. The minimum atomic E-state index is -0.494. The van der Waals surface area contributed by atoms with Gasteiger partial charge in [-0.3, -0.25) is 14.5 Å². The van der Waals surface area contributed by atoms with Gasteiger partial charge in [-0.15, -0.1) is 0 Å². The standard InChI is InChI=1S/C11H10BrNO3/c1-6(5-14)13-10(15)8-3-2-7(12)4-9(8)11(13)16/h2-4,6,14H,5H2,1H3/t6-/m1/s1. The van der Waals surface area contributed by atoms with E-state index in [1.165, 1.54) is 0 Å². The number of imide groups is 1. The lowest BCUT2D eigenvalue weighted by Crippen LogP contribution is -2.40. The summed E-state index contributed by atoms with van der Waals surface area (Å²) in [6, 6.07) is 4.46. The number of carbonyl (C=O) groups is 2. The first kappa shape index (κ1) is 11.3. The maximum atomic E-state index is 11.9. The zero-order valence-corrected chi connectivity index (χ0v) is 10.2. The first-order valence-electron chi connectivity index (χ1n) is 4.84. The Bertz CT molecular complexity index is 472. The van der Waals surface area contributed by atoms with Crippen molar-refractivity contribution in [3.05, 3.63) is 33.8 Å². The summed E-state index contributed by atoms with van der Waals surface area (Å²) in [5.41, 5.74) is 0.785. The Morgan fingerprint density at radius 1 is 1.31 bits per heavy atom. The molecule has 16 heavy (non-hydrogen) atoms. The van der Waals surface area contributed by atoms with E-state index in [-0.39, 0.29) is 18.4 Å². The molecule has 1 aliphatic rings. The molecule has 0 fully saturated rings. The third-order valence-electron chi connectivity index (χ3n) is 2.59. The summed E-state index contributed by atoms with van der Waals surface area (Å²) in [5, 5.41) is 9.01. The molecule has 0 spiro atoms. The van der Waals surface area contributed by atoms with Crippen LogP contribution in [0.15, 0.2) is 22.7 Å². The highest BCUT2D eigenvalue weighted by molar-refractivity contribution is 9.10. The molecule has 84 valence electrons. The van der Waals surface area contributed by atoms with Crippen LogP contribution in [0.3, 0.4) is 0 Å². The number of halogens is 1. The molecule has 0 aliphatic carbocycles. The van der Waals surface area contributed by atoms with Crippen LogP contribution in [0.25, 0.3) is 0 Å². The van der Waals surface area contributed by atoms with Gasteiger partial charge in [0.15, 0.2) is 0 Å². The third kappa shape index (κ3) is 1.56. The maximum absolute atomic E-state index is 11.9. The highest BCUT2D eigenvalue weighted by atomic mass is 79.9. The number of carbonyl (C=O) groups excluding carboxylic acids is 2. The van der Waals surface area contributed by atoms with E-state index in [0.717, 1.165) is 9.37 Å². The van der Waals surface area contributed by atoms with Gasteiger partial charge in [0.05, 0.1) is 23.8 Å². The molecule has 0 saturated carbocycles. The topological polar surface area (TPSA) is 57.6 Å². The summed E-state index contributed by atoms with van der Waals surface area (Å²) < 4.78 is 0.755. The molecule has 1 atom stereocenters. The van der Waals surface area contributed by atoms with Crippen molar-refractivity contribution in [2.75, 3.05) is 6.61 Å². The van der Waals surface area contributed by atoms with Crippen LogP contribution in [0.2, 0.25) is 0 Å². The molecule has 0 bridgehead atoms. The Kier molecular flexibility index (Phi) is 2.82. The van der Waals surface area contributed by atoms with Gasteiger partial charge >= 0.3 is 0 Å². The lowest BCUT2D eigenvalue weighted by atomic mass is 10.1. The molecule has 0 saturated heterocycles. The van der Waals surface area contributed by atoms with E-state index in [9.17, 15) is 9.59 Å². The molecule has 4 nitrogen and oxygen atoms in total. The van der Waals surface area contributed by atoms with Crippen LogP contribution in [-0.4, -0.2) is 34.5 Å². The molecule has 2 amide bonds. The largest absolute Gasteiger partial charge is 0.394 e. The second-order valence-corrected chi connectivity index (χ2v) is 4.62. The summed E-state index contributed by atoms with van der Waals surface area (Å²) in [4.78, 5) is 24.9. The molecular weight excluding hydrogens is 274 g/mol. The minimum absolute atomic E-state index is 0.230. The molecule has 2 rings (SSSR count). The van der Waals surface area contributed by atoms with Crippen molar-refractivity contribution in [3.63, 3.8) is 0 Å². The fourth-order valence-corrected chi connectivity index (χ4v) is 2.07. The van der Waals surface area contributed by atoms with E-state index < -0.39 is 6.04 Å². The zero-order valence-electron chi connectivity index (χ0n) is 8.61. The summed E-state index contributed by atoms with van der Waals surface area (Å²) in [5.74, 6) is -0.683. The lowest BCUT2D eigenvalue weighted by molar-refractivity contribution is 0.0537. The Morgan fingerprint density at radius 2 is 1.94 bits per heavy atom. The van der Waals surface area contributed by atoms with E-state index in [1.807, 2.05) is 0 Å². The van der Waals surface area contributed by atoms with Crippen molar-refractivity contribution in [3.8, 4) is 0 Å². The quantitative estimate of drug-likeness (QED) is 0.836. The molecule has 0 radical (unpaired) electrons. The van der Waals surface area contributed by atoms with Gasteiger partial charge in [0.2, 0.25) is 0 Å². The van der Waals surface area contributed by atoms with Crippen LogP contribution in [0.1, 0.15) is 27.6 Å². The second kappa shape index (κ2) is 3.99. The van der Waals surface area contributed by atoms with E-state index in [2.05, 4.69) is 15.9 Å². The van der Waals surface area contributed by atoms with Crippen molar-refractivity contribution in [2.24, 2.45) is 0 Å². The fraction of sp³-hybridized carbons (Fsp3) is 0.273. The average Bonchev–Trinajstić information content (AvgIpc) is 2.51. The molecule has 1 aromatic rings. The monoisotopic (exact) mass is 283 g/mol. The van der Waals surface area contributed by atoms with Crippen molar-refractivity contribution in [1.82, 2.24) is 4.90 Å². The number of nitrogens with zero attached hydrogens (tertiary/aromatic N) is 1. The van der Waals surface area contributed by atoms with Gasteiger partial charge in [-0.2, -0.15) is 0 Å². The fourth-order valence-electron chi connectivity index (χ4n) is 1.71. The van der Waals surface area contributed by atoms with E-state index in [1.54, 1.807) is 25.1 Å². The Labute approximate surface area is 101 Å². The Hall–Kier alpha value is -1.20. The van der Waals surface area contributed by atoms with Crippen LogP contribution >= 0.6 is 15.9 Å². The number of aliphatic hydroxyl groups is 1. The van der Waals surface area contributed by atoms with Crippen LogP contribution in [0.5, 0.6) is 0 Å². The number of fused-ring (bicyclic) bond motifs is 1. The third-order valence-corrected chi connectivity index (χ3v) is 3.08. The molecular formula is C11H10BrNO3. The van der Waals surface area contributed by atoms with Crippen molar-refractivity contribution in [1.29, 1.82) is 0 Å². The number of benzene rings is 1. The maximum Gasteiger partial charge on any atom is 0.261 e. The highest BCUT2D eigenvalue weighted by Crippen LogP contribution is 2.27. The van der Waals surface area contributed by atoms with Gasteiger partial charge in [0.1, 0.15) is 0 Å². The number of hydrogen-bond acceptors (Lipinski definition) is 3. The predicted octanol–water partition coefficient (Wildman–Crippen LogP) is 1.43. The van der Waals surface area contributed by atoms with E-state index in [0.29, 0.717) is 11.1 Å². The second-order valence-electron chi connectivity index (χ2n) is 3.70. The van der Waals surface area contributed by atoms with Gasteiger partial charge in [0, 0.05) is 4.47 Å². The van der Waals surface area contributed by atoms with Crippen LogP contribution in [0, 0.1) is 0 Å². The van der Waals surface area contributed by atoms with Crippen LogP contribution < -0.4 is 0 Å². The molecule has 0 unspecified atom stereocenters. The predicted molar refractivity (Wildman–Crippen MR) is 61.2 cm³/mol. The van der Waals surface area contributed by atoms with Gasteiger partial charge < -0.3 is 5.11 Å². The molecule has 5 heteroatoms. The summed E-state index contributed by atoms with van der Waals surface area (Å²) in [7, 11) is 0. The summed E-state index contributed by atoms with van der Waals surface area (Å²) in [6.45, 7) is 1.41. The minimum Gasteiger partial charge on any atom is -0.394 e. The lowest BCUT2D eigenvalue weighted by Gasteiger charge is -2.19. The summed E-state index contributed by atoms with van der Waals surface area (Å²) in [6.07, 6.45) is 0. The number of hydrogen-bond donors (Lipinski definition) is 1. The van der Waals surface area contributed by atoms with E-state index >= 15 is 0 Å². The molecule has 1 aromatic carbocycles. The highest BCUT2D eigenvalue weighted by Gasteiger charge is 2.38. The number of amides is 2. The SMILES string of the molecule is C[C@H](CO)N1C(=O)c2ccc(Br)cc2C1=O. The van der Waals surface area contributed by atoms with Gasteiger partial charge in [-0.05, 0) is 25.1 Å². The first-order valence-corrected chi connectivity index (χ1v) is 5.64. The van der Waals surface area contributed by atoms with E-state index in [4.69, 9.17) is 5.11 Å². The Balaban J connectivity index is 2.48. The van der Waals surface area contributed by atoms with Crippen molar-refractivity contribution >= 4 is 27.7 Å². The molecule has 1 heterocycles. The Morgan fingerprint density at radius 3 is 2.56 bits per heavy atom. The average molecular weight is 284 g/mol. The van der Waals surface area contributed by atoms with Gasteiger partial charge in [-0.1, -0.05) is 15.9 Å². The van der Waals surface area contributed by atoms with Crippen molar-refractivity contribution < 1.29 is 14.7 Å². The molecule has 1 aliphatic heterocycles.